The fourth-order valence-corrected chi connectivity index (χ4v) is 1.90. The zero-order valence-corrected chi connectivity index (χ0v) is 12.1. The first kappa shape index (κ1) is 16.6. The molecule has 5 heteroatoms. The van der Waals surface area contributed by atoms with E-state index in [2.05, 4.69) is 5.32 Å². The van der Waals surface area contributed by atoms with Crippen molar-refractivity contribution in [2.45, 2.75) is 45.4 Å². The Labute approximate surface area is 119 Å². The predicted octanol–water partition coefficient (Wildman–Crippen LogP) is 2.18. The predicted molar refractivity (Wildman–Crippen MR) is 74.7 cm³/mol. The topological polar surface area (TPSA) is 58.6 Å². The third kappa shape index (κ3) is 5.27. The third-order valence-electron chi connectivity index (χ3n) is 3.01. The molecule has 1 amide bonds. The number of amides is 1. The smallest absolute Gasteiger partial charge is 0.249 e. The van der Waals surface area contributed by atoms with Gasteiger partial charge in [0.15, 0.2) is 0 Å². The van der Waals surface area contributed by atoms with Crippen LogP contribution in [0.5, 0.6) is 0 Å². The average molecular weight is 283 g/mol. The maximum atomic E-state index is 12.8. The van der Waals surface area contributed by atoms with Crippen LogP contribution in [0, 0.1) is 5.82 Å². The Kier molecular flexibility index (Phi) is 6.61. The van der Waals surface area contributed by atoms with E-state index in [1.54, 1.807) is 6.92 Å². The number of hydrogen-bond donors (Lipinski definition) is 2. The standard InChI is InChI=1S/C15H22FNO3/c1-4-20-11(3)15(19)17-10(2)9-14(18)12-5-7-13(16)8-6-12/h5-8,10-11,14,18H,4,9H2,1-3H3,(H,17,19). The van der Waals surface area contributed by atoms with Crippen LogP contribution in [0.1, 0.15) is 38.9 Å². The van der Waals surface area contributed by atoms with Gasteiger partial charge in [-0.25, -0.2) is 4.39 Å². The molecule has 0 bridgehead atoms. The Morgan fingerprint density at radius 3 is 2.50 bits per heavy atom. The third-order valence-corrected chi connectivity index (χ3v) is 3.01. The molecular formula is C15H22FNO3. The van der Waals surface area contributed by atoms with Gasteiger partial charge in [0.1, 0.15) is 11.9 Å². The number of nitrogens with one attached hydrogen (secondary N) is 1. The molecule has 0 saturated heterocycles. The average Bonchev–Trinajstić information content (AvgIpc) is 2.39. The van der Waals surface area contributed by atoms with Crippen LogP contribution in [0.2, 0.25) is 0 Å². The molecule has 0 aromatic heterocycles. The molecular weight excluding hydrogens is 261 g/mol. The molecule has 0 spiro atoms. The second-order valence-electron chi connectivity index (χ2n) is 4.81. The monoisotopic (exact) mass is 283 g/mol. The van der Waals surface area contributed by atoms with E-state index in [0.717, 1.165) is 0 Å². The molecule has 0 radical (unpaired) electrons. The van der Waals surface area contributed by atoms with Gasteiger partial charge in [0.2, 0.25) is 5.91 Å². The summed E-state index contributed by atoms with van der Waals surface area (Å²) in [6.45, 7) is 5.79. The van der Waals surface area contributed by atoms with E-state index in [-0.39, 0.29) is 17.8 Å². The van der Waals surface area contributed by atoms with E-state index in [1.165, 1.54) is 24.3 Å². The molecule has 0 heterocycles. The Bertz CT molecular complexity index is 422. The van der Waals surface area contributed by atoms with Gasteiger partial charge in [0.05, 0.1) is 6.10 Å². The molecule has 3 unspecified atom stereocenters. The summed E-state index contributed by atoms with van der Waals surface area (Å²) in [6, 6.07) is 5.48. The van der Waals surface area contributed by atoms with E-state index < -0.39 is 12.2 Å². The largest absolute Gasteiger partial charge is 0.388 e. The zero-order valence-electron chi connectivity index (χ0n) is 12.1. The van der Waals surface area contributed by atoms with Crippen LogP contribution in [0.3, 0.4) is 0 Å². The molecule has 0 aliphatic carbocycles. The van der Waals surface area contributed by atoms with Crippen LogP contribution in [-0.4, -0.2) is 29.8 Å². The maximum Gasteiger partial charge on any atom is 0.249 e. The van der Waals surface area contributed by atoms with Gasteiger partial charge in [-0.15, -0.1) is 0 Å². The molecule has 0 fully saturated rings. The van der Waals surface area contributed by atoms with Crippen LogP contribution in [-0.2, 0) is 9.53 Å². The minimum Gasteiger partial charge on any atom is -0.388 e. The van der Waals surface area contributed by atoms with Crippen molar-refractivity contribution in [3.05, 3.63) is 35.6 Å². The lowest BCUT2D eigenvalue weighted by Gasteiger charge is -2.20. The minimum atomic E-state index is -0.742. The van der Waals surface area contributed by atoms with Gasteiger partial charge in [-0.1, -0.05) is 12.1 Å². The van der Waals surface area contributed by atoms with Gasteiger partial charge in [-0.2, -0.15) is 0 Å². The first-order valence-electron chi connectivity index (χ1n) is 6.79. The molecule has 20 heavy (non-hydrogen) atoms. The Morgan fingerprint density at radius 1 is 1.35 bits per heavy atom. The number of rotatable bonds is 7. The van der Waals surface area contributed by atoms with Crippen molar-refractivity contribution in [1.29, 1.82) is 0 Å². The zero-order chi connectivity index (χ0) is 15.1. The minimum absolute atomic E-state index is 0.203. The summed E-state index contributed by atoms with van der Waals surface area (Å²) in [5, 5.41) is 12.8. The summed E-state index contributed by atoms with van der Waals surface area (Å²) in [7, 11) is 0. The normalized spacial score (nSPS) is 15.4. The van der Waals surface area contributed by atoms with Crippen molar-refractivity contribution < 1.29 is 19.0 Å². The number of benzene rings is 1. The van der Waals surface area contributed by atoms with Gasteiger partial charge in [0, 0.05) is 12.6 Å². The summed E-state index contributed by atoms with van der Waals surface area (Å²) < 4.78 is 18.0. The lowest BCUT2D eigenvalue weighted by Crippen LogP contribution is -2.40. The van der Waals surface area contributed by atoms with Gasteiger partial charge in [0.25, 0.3) is 0 Å². The molecule has 0 aliphatic heterocycles. The highest BCUT2D eigenvalue weighted by Crippen LogP contribution is 2.18. The number of aliphatic hydroxyl groups is 1. The van der Waals surface area contributed by atoms with E-state index >= 15 is 0 Å². The molecule has 3 atom stereocenters. The lowest BCUT2D eigenvalue weighted by molar-refractivity contribution is -0.132. The van der Waals surface area contributed by atoms with Gasteiger partial charge in [-0.3, -0.25) is 4.79 Å². The number of carbonyl (C=O) groups excluding carboxylic acids is 1. The first-order valence-corrected chi connectivity index (χ1v) is 6.79. The molecule has 2 N–H and O–H groups in total. The van der Waals surface area contributed by atoms with Crippen molar-refractivity contribution in [3.63, 3.8) is 0 Å². The van der Waals surface area contributed by atoms with Crippen molar-refractivity contribution in [2.75, 3.05) is 6.61 Å². The molecule has 1 rings (SSSR count). The van der Waals surface area contributed by atoms with E-state index in [1.807, 2.05) is 13.8 Å². The van der Waals surface area contributed by atoms with Crippen LogP contribution in [0.15, 0.2) is 24.3 Å². The summed E-state index contributed by atoms with van der Waals surface area (Å²) in [4.78, 5) is 11.7. The molecule has 112 valence electrons. The SMILES string of the molecule is CCOC(C)C(=O)NC(C)CC(O)c1ccc(F)cc1. The molecule has 1 aromatic rings. The van der Waals surface area contributed by atoms with Gasteiger partial charge >= 0.3 is 0 Å². The molecule has 0 saturated carbocycles. The fraction of sp³-hybridized carbons (Fsp3) is 0.533. The quantitative estimate of drug-likeness (QED) is 0.806. The Hall–Kier alpha value is -1.46. The van der Waals surface area contributed by atoms with E-state index in [4.69, 9.17) is 4.74 Å². The highest BCUT2D eigenvalue weighted by molar-refractivity contribution is 5.80. The summed E-state index contributed by atoms with van der Waals surface area (Å²) >= 11 is 0. The highest BCUT2D eigenvalue weighted by Gasteiger charge is 2.18. The maximum absolute atomic E-state index is 12.8. The van der Waals surface area contributed by atoms with Crippen molar-refractivity contribution in [2.24, 2.45) is 0 Å². The number of aliphatic hydroxyl groups excluding tert-OH is 1. The summed E-state index contributed by atoms with van der Waals surface area (Å²) in [5.74, 6) is -0.543. The van der Waals surface area contributed by atoms with Gasteiger partial charge in [-0.05, 0) is 44.9 Å². The van der Waals surface area contributed by atoms with Gasteiger partial charge < -0.3 is 15.2 Å². The Morgan fingerprint density at radius 2 is 1.95 bits per heavy atom. The van der Waals surface area contributed by atoms with E-state index in [0.29, 0.717) is 18.6 Å². The number of ether oxygens (including phenoxy) is 1. The first-order chi connectivity index (χ1) is 9.43. The summed E-state index contributed by atoms with van der Waals surface area (Å²) in [5.41, 5.74) is 0.630. The second kappa shape index (κ2) is 7.97. The van der Waals surface area contributed by atoms with Crippen molar-refractivity contribution >= 4 is 5.91 Å². The number of carbonyl (C=O) groups is 1. The summed E-state index contributed by atoms with van der Waals surface area (Å²) in [6.07, 6.45) is -0.894. The number of halogens is 1. The van der Waals surface area contributed by atoms with Crippen LogP contribution in [0.4, 0.5) is 4.39 Å². The van der Waals surface area contributed by atoms with E-state index in [9.17, 15) is 14.3 Å². The van der Waals surface area contributed by atoms with Crippen LogP contribution in [0.25, 0.3) is 0 Å². The molecule has 0 aliphatic rings. The molecule has 4 nitrogen and oxygen atoms in total. The Balaban J connectivity index is 2.47. The highest BCUT2D eigenvalue weighted by atomic mass is 19.1. The van der Waals surface area contributed by atoms with Crippen molar-refractivity contribution in [3.8, 4) is 0 Å². The second-order valence-corrected chi connectivity index (χ2v) is 4.81. The van der Waals surface area contributed by atoms with Crippen molar-refractivity contribution in [1.82, 2.24) is 5.32 Å². The number of hydrogen-bond acceptors (Lipinski definition) is 3. The lowest BCUT2D eigenvalue weighted by atomic mass is 10.0. The fourth-order valence-electron chi connectivity index (χ4n) is 1.90. The van der Waals surface area contributed by atoms with Crippen LogP contribution >= 0.6 is 0 Å². The molecule has 1 aromatic carbocycles. The van der Waals surface area contributed by atoms with Crippen LogP contribution < -0.4 is 5.32 Å².